The summed E-state index contributed by atoms with van der Waals surface area (Å²) in [5.74, 6) is -1.90. The Morgan fingerprint density at radius 1 is 1.24 bits per heavy atom. The standard InChI is InChI=1S/C13H9F3N2O2S/c14-8-3-1-7(2-4-8)9-5-10(12(15)16)18-13(17-9)21-6-11(19)20/h1-5,12H,6H2,(H,19,20). The summed E-state index contributed by atoms with van der Waals surface area (Å²) in [6.45, 7) is 0. The van der Waals surface area contributed by atoms with Crippen molar-refractivity contribution >= 4 is 17.7 Å². The lowest BCUT2D eigenvalue weighted by atomic mass is 10.1. The number of nitrogens with zero attached hydrogens (tertiary/aromatic N) is 2. The van der Waals surface area contributed by atoms with Gasteiger partial charge in [-0.15, -0.1) is 0 Å². The number of carboxylic acids is 1. The van der Waals surface area contributed by atoms with E-state index in [1.807, 2.05) is 0 Å². The highest BCUT2D eigenvalue weighted by Crippen LogP contribution is 2.26. The van der Waals surface area contributed by atoms with E-state index in [1.165, 1.54) is 24.3 Å². The molecule has 2 rings (SSSR count). The van der Waals surface area contributed by atoms with Gasteiger partial charge < -0.3 is 5.11 Å². The van der Waals surface area contributed by atoms with E-state index in [2.05, 4.69) is 9.97 Å². The lowest BCUT2D eigenvalue weighted by Crippen LogP contribution is -2.02. The minimum absolute atomic E-state index is 0.0606. The van der Waals surface area contributed by atoms with E-state index in [1.54, 1.807) is 0 Å². The summed E-state index contributed by atoms with van der Waals surface area (Å²) in [7, 11) is 0. The molecule has 1 aromatic carbocycles. The Balaban J connectivity index is 2.39. The van der Waals surface area contributed by atoms with Gasteiger partial charge in [-0.05, 0) is 30.3 Å². The number of benzene rings is 1. The molecule has 2 aromatic rings. The van der Waals surface area contributed by atoms with Gasteiger partial charge in [0.15, 0.2) is 5.16 Å². The average molecular weight is 314 g/mol. The molecule has 1 aromatic heterocycles. The summed E-state index contributed by atoms with van der Waals surface area (Å²) in [6, 6.07) is 6.27. The number of halogens is 3. The van der Waals surface area contributed by atoms with E-state index in [4.69, 9.17) is 5.11 Å². The molecular formula is C13H9F3N2O2S. The fourth-order valence-corrected chi connectivity index (χ4v) is 2.10. The first kappa shape index (κ1) is 15.3. The van der Waals surface area contributed by atoms with Crippen LogP contribution < -0.4 is 0 Å². The van der Waals surface area contributed by atoms with Gasteiger partial charge in [0.05, 0.1) is 11.4 Å². The number of aromatic nitrogens is 2. The molecular weight excluding hydrogens is 305 g/mol. The first-order valence-corrected chi connectivity index (χ1v) is 6.72. The largest absolute Gasteiger partial charge is 0.481 e. The van der Waals surface area contributed by atoms with Crippen molar-refractivity contribution in [1.82, 2.24) is 9.97 Å². The van der Waals surface area contributed by atoms with Crippen molar-refractivity contribution in [2.45, 2.75) is 11.6 Å². The van der Waals surface area contributed by atoms with Gasteiger partial charge in [0.25, 0.3) is 6.43 Å². The third kappa shape index (κ3) is 4.19. The van der Waals surface area contributed by atoms with E-state index < -0.39 is 23.9 Å². The van der Waals surface area contributed by atoms with Gasteiger partial charge in [-0.2, -0.15) is 0 Å². The first-order chi connectivity index (χ1) is 9.95. The zero-order valence-electron chi connectivity index (χ0n) is 10.5. The fourth-order valence-electron chi connectivity index (χ4n) is 1.51. The minimum atomic E-state index is -2.81. The van der Waals surface area contributed by atoms with Crippen LogP contribution in [0.15, 0.2) is 35.5 Å². The third-order valence-corrected chi connectivity index (χ3v) is 3.25. The molecule has 0 bridgehead atoms. The highest BCUT2D eigenvalue weighted by molar-refractivity contribution is 7.99. The minimum Gasteiger partial charge on any atom is -0.481 e. The Bertz CT molecular complexity index is 650. The number of hydrogen-bond donors (Lipinski definition) is 1. The van der Waals surface area contributed by atoms with Crippen LogP contribution in [0.2, 0.25) is 0 Å². The van der Waals surface area contributed by atoms with Crippen LogP contribution in [-0.2, 0) is 4.79 Å². The average Bonchev–Trinajstić information content (AvgIpc) is 2.45. The number of alkyl halides is 2. The second-order valence-corrected chi connectivity index (χ2v) is 4.89. The van der Waals surface area contributed by atoms with Crippen molar-refractivity contribution in [3.05, 3.63) is 41.8 Å². The van der Waals surface area contributed by atoms with Gasteiger partial charge in [-0.1, -0.05) is 11.8 Å². The van der Waals surface area contributed by atoms with Crippen molar-refractivity contribution in [1.29, 1.82) is 0 Å². The zero-order valence-corrected chi connectivity index (χ0v) is 11.3. The smallest absolute Gasteiger partial charge is 0.313 e. The van der Waals surface area contributed by atoms with Gasteiger partial charge in [-0.25, -0.2) is 23.1 Å². The molecule has 21 heavy (non-hydrogen) atoms. The number of hydrogen-bond acceptors (Lipinski definition) is 4. The number of rotatable bonds is 5. The Labute approximate surface area is 122 Å². The summed E-state index contributed by atoms with van der Waals surface area (Å²) in [6.07, 6.45) is -2.81. The summed E-state index contributed by atoms with van der Waals surface area (Å²) in [5, 5.41) is 8.54. The van der Waals surface area contributed by atoms with Crippen LogP contribution in [0, 0.1) is 5.82 Å². The second kappa shape index (κ2) is 6.57. The number of carbonyl (C=O) groups is 1. The highest BCUT2D eigenvalue weighted by Gasteiger charge is 2.15. The van der Waals surface area contributed by atoms with Crippen molar-refractivity contribution in [2.75, 3.05) is 5.75 Å². The predicted octanol–water partition coefficient (Wildman–Crippen LogP) is 3.40. The normalized spacial score (nSPS) is 10.9. The van der Waals surface area contributed by atoms with Crippen LogP contribution in [0.1, 0.15) is 12.1 Å². The topological polar surface area (TPSA) is 63.1 Å². The Morgan fingerprint density at radius 3 is 2.48 bits per heavy atom. The van der Waals surface area contributed by atoms with E-state index in [-0.39, 0.29) is 16.6 Å². The number of aliphatic carboxylic acids is 1. The van der Waals surface area contributed by atoms with Gasteiger partial charge in [0.2, 0.25) is 0 Å². The molecule has 0 amide bonds. The Hall–Kier alpha value is -2.09. The molecule has 0 radical (unpaired) electrons. The maximum Gasteiger partial charge on any atom is 0.313 e. The molecule has 0 aliphatic heterocycles. The van der Waals surface area contributed by atoms with Crippen LogP contribution >= 0.6 is 11.8 Å². The first-order valence-electron chi connectivity index (χ1n) is 5.73. The van der Waals surface area contributed by atoms with Crippen LogP contribution in [-0.4, -0.2) is 26.8 Å². The van der Waals surface area contributed by atoms with Crippen molar-refractivity contribution in [2.24, 2.45) is 0 Å². The maximum atomic E-state index is 12.9. The van der Waals surface area contributed by atoms with E-state index in [0.717, 1.165) is 17.8 Å². The molecule has 0 fully saturated rings. The van der Waals surface area contributed by atoms with E-state index in [9.17, 15) is 18.0 Å². The van der Waals surface area contributed by atoms with Gasteiger partial charge in [0.1, 0.15) is 11.5 Å². The van der Waals surface area contributed by atoms with E-state index >= 15 is 0 Å². The quantitative estimate of drug-likeness (QED) is 0.677. The molecule has 0 unspecified atom stereocenters. The molecule has 8 heteroatoms. The molecule has 110 valence electrons. The molecule has 1 heterocycles. The number of thioether (sulfide) groups is 1. The third-order valence-electron chi connectivity index (χ3n) is 2.41. The molecule has 0 saturated carbocycles. The van der Waals surface area contributed by atoms with Crippen LogP contribution in [0.25, 0.3) is 11.3 Å². The van der Waals surface area contributed by atoms with Crippen molar-refractivity contribution in [3.63, 3.8) is 0 Å². The summed E-state index contributed by atoms with van der Waals surface area (Å²) >= 11 is 0.743. The lowest BCUT2D eigenvalue weighted by Gasteiger charge is -2.07. The molecule has 0 aliphatic carbocycles. The summed E-state index contributed by atoms with van der Waals surface area (Å²) in [4.78, 5) is 18.2. The molecule has 0 aliphatic rings. The van der Waals surface area contributed by atoms with Crippen molar-refractivity contribution < 1.29 is 23.1 Å². The van der Waals surface area contributed by atoms with Gasteiger partial charge >= 0.3 is 5.97 Å². The second-order valence-electron chi connectivity index (χ2n) is 3.95. The monoisotopic (exact) mass is 314 g/mol. The molecule has 0 atom stereocenters. The Morgan fingerprint density at radius 2 is 1.90 bits per heavy atom. The predicted molar refractivity (Wildman–Crippen MR) is 70.7 cm³/mol. The van der Waals surface area contributed by atoms with Gasteiger partial charge in [0, 0.05) is 5.56 Å². The SMILES string of the molecule is O=C(O)CSc1nc(-c2ccc(F)cc2)cc(C(F)F)n1. The molecule has 0 spiro atoms. The van der Waals surface area contributed by atoms with E-state index in [0.29, 0.717) is 5.56 Å². The zero-order chi connectivity index (χ0) is 15.4. The van der Waals surface area contributed by atoms with Crippen LogP contribution in [0.4, 0.5) is 13.2 Å². The maximum absolute atomic E-state index is 12.9. The summed E-state index contributed by atoms with van der Waals surface area (Å²) < 4.78 is 38.5. The van der Waals surface area contributed by atoms with Crippen LogP contribution in [0.5, 0.6) is 0 Å². The summed E-state index contributed by atoms with van der Waals surface area (Å²) in [5.41, 5.74) is 0.128. The molecule has 1 N–H and O–H groups in total. The highest BCUT2D eigenvalue weighted by atomic mass is 32.2. The van der Waals surface area contributed by atoms with Gasteiger partial charge in [-0.3, -0.25) is 4.79 Å². The molecule has 4 nitrogen and oxygen atoms in total. The molecule has 0 saturated heterocycles. The fraction of sp³-hybridized carbons (Fsp3) is 0.154. The lowest BCUT2D eigenvalue weighted by molar-refractivity contribution is -0.133. The van der Waals surface area contributed by atoms with Crippen molar-refractivity contribution in [3.8, 4) is 11.3 Å². The van der Waals surface area contributed by atoms with Crippen LogP contribution in [0.3, 0.4) is 0 Å². The Kier molecular flexibility index (Phi) is 4.79. The number of carboxylic acid groups (broad SMARTS) is 1.